The lowest BCUT2D eigenvalue weighted by molar-refractivity contribution is 0.243. The van der Waals surface area contributed by atoms with E-state index in [1.807, 2.05) is 36.4 Å². The first-order valence-electron chi connectivity index (χ1n) is 21.5. The van der Waals surface area contributed by atoms with Crippen LogP contribution in [-0.2, 0) is 13.0 Å². The SMILES string of the molecule is CCCCn1c(-c2ccc(OCCc3cccc(Cl)c3)cc2OCCCN(CC)CC)nc2c(OCCCN(CC)CC)cc(OCCCN(CC)CC)cc21. The van der Waals surface area contributed by atoms with Gasteiger partial charge >= 0.3 is 0 Å². The monoisotopic (exact) mass is 792 g/mol. The highest BCUT2D eigenvalue weighted by molar-refractivity contribution is 6.30. The van der Waals surface area contributed by atoms with Gasteiger partial charge in [0.15, 0.2) is 5.75 Å². The first kappa shape index (κ1) is 45.2. The molecule has 310 valence electrons. The average Bonchev–Trinajstić information content (AvgIpc) is 3.58. The summed E-state index contributed by atoms with van der Waals surface area (Å²) in [5.74, 6) is 3.98. The second-order valence-electron chi connectivity index (χ2n) is 14.3. The molecule has 0 aliphatic carbocycles. The van der Waals surface area contributed by atoms with Crippen molar-refractivity contribution in [1.29, 1.82) is 0 Å². The molecule has 0 aliphatic heterocycles. The second kappa shape index (κ2) is 25.0. The summed E-state index contributed by atoms with van der Waals surface area (Å²) < 4.78 is 28.3. The molecule has 0 saturated heterocycles. The van der Waals surface area contributed by atoms with Crippen LogP contribution < -0.4 is 18.9 Å². The Hall–Kier alpha value is -3.50. The number of aromatic nitrogens is 2. The Balaban J connectivity index is 1.71. The molecule has 0 spiro atoms. The van der Waals surface area contributed by atoms with E-state index in [0.717, 1.165) is 160 Å². The number of ether oxygens (including phenoxy) is 4. The van der Waals surface area contributed by atoms with Gasteiger partial charge in [-0.15, -0.1) is 0 Å². The normalized spacial score (nSPS) is 11.7. The highest BCUT2D eigenvalue weighted by atomic mass is 35.5. The summed E-state index contributed by atoms with van der Waals surface area (Å²) in [4.78, 5) is 12.7. The molecule has 0 aliphatic rings. The highest BCUT2D eigenvalue weighted by Gasteiger charge is 2.22. The minimum Gasteiger partial charge on any atom is -0.493 e. The molecule has 10 heteroatoms. The maximum Gasteiger partial charge on any atom is 0.150 e. The number of imidazole rings is 1. The van der Waals surface area contributed by atoms with E-state index in [0.29, 0.717) is 26.4 Å². The Kier molecular flexibility index (Phi) is 20.2. The lowest BCUT2D eigenvalue weighted by Gasteiger charge is -2.19. The topological polar surface area (TPSA) is 64.5 Å². The van der Waals surface area contributed by atoms with Gasteiger partial charge in [-0.2, -0.15) is 0 Å². The van der Waals surface area contributed by atoms with Crippen LogP contribution in [0.1, 0.15) is 86.1 Å². The molecule has 3 aromatic carbocycles. The van der Waals surface area contributed by atoms with Crippen LogP contribution in [0.2, 0.25) is 5.02 Å². The molecule has 0 amide bonds. The number of benzene rings is 3. The van der Waals surface area contributed by atoms with Crippen molar-refractivity contribution in [3.63, 3.8) is 0 Å². The predicted octanol–water partition coefficient (Wildman–Crippen LogP) is 10.1. The van der Waals surface area contributed by atoms with Gasteiger partial charge in [0, 0.05) is 55.8 Å². The van der Waals surface area contributed by atoms with Crippen LogP contribution in [0.15, 0.2) is 54.6 Å². The number of fused-ring (bicyclic) bond motifs is 1. The van der Waals surface area contributed by atoms with Crippen LogP contribution in [-0.4, -0.2) is 110 Å². The minimum absolute atomic E-state index is 0.531. The summed E-state index contributed by atoms with van der Waals surface area (Å²) in [5, 5.41) is 0.736. The van der Waals surface area contributed by atoms with Crippen LogP contribution in [0.5, 0.6) is 23.0 Å². The Labute approximate surface area is 343 Å². The summed E-state index contributed by atoms with van der Waals surface area (Å²) in [6.07, 6.45) is 5.65. The number of hydrogen-bond acceptors (Lipinski definition) is 8. The number of hydrogen-bond donors (Lipinski definition) is 0. The molecule has 0 radical (unpaired) electrons. The smallest absolute Gasteiger partial charge is 0.150 e. The zero-order valence-corrected chi connectivity index (χ0v) is 36.3. The van der Waals surface area contributed by atoms with Gasteiger partial charge in [0.05, 0.1) is 37.5 Å². The van der Waals surface area contributed by atoms with Crippen LogP contribution in [0, 0.1) is 0 Å². The zero-order chi connectivity index (χ0) is 40.1. The van der Waals surface area contributed by atoms with E-state index < -0.39 is 0 Å². The highest BCUT2D eigenvalue weighted by Crippen LogP contribution is 2.39. The quantitative estimate of drug-likeness (QED) is 0.0504. The number of halogens is 1. The van der Waals surface area contributed by atoms with Crippen LogP contribution >= 0.6 is 11.6 Å². The van der Waals surface area contributed by atoms with E-state index in [1.54, 1.807) is 0 Å². The summed E-state index contributed by atoms with van der Waals surface area (Å²) >= 11 is 6.24. The first-order chi connectivity index (χ1) is 27.4. The van der Waals surface area contributed by atoms with Crippen LogP contribution in [0.3, 0.4) is 0 Å². The van der Waals surface area contributed by atoms with Crippen molar-refractivity contribution in [3.05, 3.63) is 65.2 Å². The molecule has 0 fully saturated rings. The summed E-state index contributed by atoms with van der Waals surface area (Å²) in [7, 11) is 0. The van der Waals surface area contributed by atoms with Crippen molar-refractivity contribution in [2.45, 2.75) is 93.5 Å². The molecule has 9 nitrogen and oxygen atoms in total. The molecule has 4 rings (SSSR count). The van der Waals surface area contributed by atoms with E-state index in [4.69, 9.17) is 35.5 Å². The van der Waals surface area contributed by atoms with Crippen molar-refractivity contribution in [2.24, 2.45) is 0 Å². The van der Waals surface area contributed by atoms with Crippen molar-refractivity contribution >= 4 is 22.6 Å². The number of nitrogens with zero attached hydrogens (tertiary/aromatic N) is 5. The van der Waals surface area contributed by atoms with E-state index >= 15 is 0 Å². The van der Waals surface area contributed by atoms with Crippen LogP contribution in [0.25, 0.3) is 22.4 Å². The Morgan fingerprint density at radius 1 is 0.589 bits per heavy atom. The fourth-order valence-corrected chi connectivity index (χ4v) is 7.24. The molecule has 4 aromatic rings. The van der Waals surface area contributed by atoms with Gasteiger partial charge in [-0.1, -0.05) is 78.6 Å². The molecule has 0 unspecified atom stereocenters. The largest absolute Gasteiger partial charge is 0.493 e. The molecule has 0 bridgehead atoms. The third kappa shape index (κ3) is 13.9. The summed E-state index contributed by atoms with van der Waals surface area (Å²) in [5.41, 5.74) is 3.95. The van der Waals surface area contributed by atoms with Gasteiger partial charge in [-0.05, 0) is 94.8 Å². The fraction of sp³-hybridized carbons (Fsp3) is 0.587. The molecule has 0 atom stereocenters. The van der Waals surface area contributed by atoms with Crippen molar-refractivity contribution in [3.8, 4) is 34.4 Å². The molecule has 0 N–H and O–H groups in total. The van der Waals surface area contributed by atoms with Crippen molar-refractivity contribution < 1.29 is 18.9 Å². The van der Waals surface area contributed by atoms with E-state index in [1.165, 1.54) is 0 Å². The maximum absolute atomic E-state index is 6.65. The first-order valence-corrected chi connectivity index (χ1v) is 21.9. The van der Waals surface area contributed by atoms with Crippen molar-refractivity contribution in [2.75, 3.05) is 85.3 Å². The van der Waals surface area contributed by atoms with Gasteiger partial charge in [-0.25, -0.2) is 4.98 Å². The van der Waals surface area contributed by atoms with Gasteiger partial charge in [0.2, 0.25) is 0 Å². The zero-order valence-electron chi connectivity index (χ0n) is 35.6. The molecular formula is C46H70ClN5O4. The average molecular weight is 793 g/mol. The third-order valence-electron chi connectivity index (χ3n) is 10.6. The second-order valence-corrected chi connectivity index (χ2v) is 14.7. The molecular weight excluding hydrogens is 722 g/mol. The standard InChI is InChI=1S/C46H70ClN5O4/c1-8-15-28-52-42-34-40(53-29-17-25-49(9-2)10-3)36-44(56-31-19-27-51(13-6)14-7)45(42)48-46(52)41-23-22-39(54-32-24-37-20-16-21-38(47)33-37)35-43(41)55-30-18-26-50(11-4)12-5/h16,20-23,33-36H,8-15,17-19,24-32H2,1-7H3. The summed E-state index contributed by atoms with van der Waals surface area (Å²) in [6.45, 7) is 27.9. The van der Waals surface area contributed by atoms with Gasteiger partial charge in [0.1, 0.15) is 28.6 Å². The van der Waals surface area contributed by atoms with Crippen molar-refractivity contribution in [1.82, 2.24) is 24.3 Å². The Morgan fingerprint density at radius 2 is 1.16 bits per heavy atom. The number of rotatable bonds is 29. The Bertz CT molecular complexity index is 1700. The number of aryl methyl sites for hydroxylation is 1. The minimum atomic E-state index is 0.531. The molecule has 56 heavy (non-hydrogen) atoms. The lowest BCUT2D eigenvalue weighted by atomic mass is 10.1. The van der Waals surface area contributed by atoms with E-state index in [9.17, 15) is 0 Å². The number of unbranched alkanes of at least 4 members (excludes halogenated alkanes) is 1. The van der Waals surface area contributed by atoms with E-state index in [-0.39, 0.29) is 0 Å². The third-order valence-corrected chi connectivity index (χ3v) is 10.8. The van der Waals surface area contributed by atoms with Gasteiger partial charge in [0.25, 0.3) is 0 Å². The lowest BCUT2D eigenvalue weighted by Crippen LogP contribution is -2.25. The Morgan fingerprint density at radius 3 is 1.75 bits per heavy atom. The maximum atomic E-state index is 6.65. The fourth-order valence-electron chi connectivity index (χ4n) is 7.02. The van der Waals surface area contributed by atoms with Crippen LogP contribution in [0.4, 0.5) is 0 Å². The predicted molar refractivity (Wildman–Crippen MR) is 234 cm³/mol. The van der Waals surface area contributed by atoms with Gasteiger partial charge in [-0.3, -0.25) is 0 Å². The summed E-state index contributed by atoms with van der Waals surface area (Å²) in [6, 6.07) is 18.3. The molecule has 1 aromatic heterocycles. The van der Waals surface area contributed by atoms with E-state index in [2.05, 4.69) is 85.9 Å². The molecule has 1 heterocycles. The molecule has 0 saturated carbocycles. The van der Waals surface area contributed by atoms with Gasteiger partial charge < -0.3 is 38.2 Å².